The van der Waals surface area contributed by atoms with Gasteiger partial charge in [-0.05, 0) is 42.3 Å². The molecule has 2 heterocycles. The molecule has 2 atom stereocenters. The average Bonchev–Trinajstić information content (AvgIpc) is 3.06. The molecule has 0 aromatic heterocycles. The van der Waals surface area contributed by atoms with Crippen LogP contribution in [0.2, 0.25) is 15.1 Å². The van der Waals surface area contributed by atoms with E-state index in [2.05, 4.69) is 11.5 Å². The van der Waals surface area contributed by atoms with E-state index in [9.17, 15) is 4.79 Å². The number of hydrogen-bond acceptors (Lipinski definition) is 4. The summed E-state index contributed by atoms with van der Waals surface area (Å²) in [6.45, 7) is 3.45. The van der Waals surface area contributed by atoms with Crippen molar-refractivity contribution >= 4 is 52.1 Å². The van der Waals surface area contributed by atoms with Crippen LogP contribution in [0.4, 0.5) is 5.69 Å². The Balaban J connectivity index is 1.69. The minimum Gasteiger partial charge on any atom is -0.283 e. The Labute approximate surface area is 190 Å². The van der Waals surface area contributed by atoms with E-state index in [4.69, 9.17) is 39.9 Å². The summed E-state index contributed by atoms with van der Waals surface area (Å²) in [5.41, 5.74) is 5.12. The summed E-state index contributed by atoms with van der Waals surface area (Å²) >= 11 is 18.7. The standard InChI is InChI=1S/C22H21Cl3N4O/c1-14-20(22(30)27-28-11-3-2-4-12-28)26-29(19-10-9-17(24)13-18(19)25)21(14)15-5-7-16(23)8-6-15/h2-3,5-10,13-14,21H,4,11-12H2,1H3,(H,27,30)/t14-,21+/m1/s1. The van der Waals surface area contributed by atoms with Crippen molar-refractivity contribution in [2.45, 2.75) is 19.4 Å². The van der Waals surface area contributed by atoms with Crippen LogP contribution in [-0.2, 0) is 4.79 Å². The highest BCUT2D eigenvalue weighted by Gasteiger charge is 2.40. The molecule has 0 saturated heterocycles. The van der Waals surface area contributed by atoms with Gasteiger partial charge >= 0.3 is 0 Å². The molecular formula is C22H21Cl3N4O. The van der Waals surface area contributed by atoms with Crippen LogP contribution < -0.4 is 10.4 Å². The van der Waals surface area contributed by atoms with Crippen molar-refractivity contribution in [2.24, 2.45) is 11.0 Å². The van der Waals surface area contributed by atoms with E-state index in [1.165, 1.54) is 0 Å². The largest absolute Gasteiger partial charge is 0.283 e. The molecule has 2 aromatic rings. The Hall–Kier alpha value is -2.05. The Morgan fingerprint density at radius 1 is 1.07 bits per heavy atom. The SMILES string of the molecule is C[C@@H]1C(C(=O)NN2CC=CCC2)=NN(c2ccc(Cl)cc2Cl)[C@@H]1c1ccc(Cl)cc1. The predicted octanol–water partition coefficient (Wildman–Crippen LogP) is 5.49. The van der Waals surface area contributed by atoms with E-state index in [1.807, 2.05) is 48.3 Å². The first-order chi connectivity index (χ1) is 14.4. The van der Waals surface area contributed by atoms with Gasteiger partial charge in [0.1, 0.15) is 5.71 Å². The lowest BCUT2D eigenvalue weighted by Gasteiger charge is -2.28. The Morgan fingerprint density at radius 2 is 1.80 bits per heavy atom. The zero-order valence-electron chi connectivity index (χ0n) is 16.4. The molecule has 0 saturated carbocycles. The molecule has 4 rings (SSSR count). The van der Waals surface area contributed by atoms with Crippen molar-refractivity contribution in [2.75, 3.05) is 18.1 Å². The number of nitrogens with one attached hydrogen (secondary N) is 1. The number of benzene rings is 2. The fourth-order valence-corrected chi connectivity index (χ4v) is 4.41. The van der Waals surface area contributed by atoms with Crippen molar-refractivity contribution in [3.8, 4) is 0 Å². The van der Waals surface area contributed by atoms with Crippen LogP contribution in [0, 0.1) is 5.92 Å². The first-order valence-corrected chi connectivity index (χ1v) is 10.9. The third kappa shape index (κ3) is 4.35. The lowest BCUT2D eigenvalue weighted by molar-refractivity contribution is -0.119. The second-order valence-electron chi connectivity index (χ2n) is 7.36. The Kier molecular flexibility index (Phi) is 6.34. The predicted molar refractivity (Wildman–Crippen MR) is 123 cm³/mol. The molecule has 1 amide bonds. The Bertz CT molecular complexity index is 1010. The van der Waals surface area contributed by atoms with Crippen LogP contribution in [0.1, 0.15) is 24.9 Å². The maximum atomic E-state index is 13.1. The van der Waals surface area contributed by atoms with Crippen LogP contribution in [0.5, 0.6) is 0 Å². The summed E-state index contributed by atoms with van der Waals surface area (Å²) in [7, 11) is 0. The van der Waals surface area contributed by atoms with E-state index in [0.29, 0.717) is 33.0 Å². The number of carbonyl (C=O) groups is 1. The van der Waals surface area contributed by atoms with Gasteiger partial charge in [0.05, 0.1) is 16.8 Å². The van der Waals surface area contributed by atoms with Crippen LogP contribution in [-0.4, -0.2) is 29.7 Å². The number of carbonyl (C=O) groups excluding carboxylic acids is 1. The molecule has 156 valence electrons. The fourth-order valence-electron chi connectivity index (χ4n) is 3.79. The van der Waals surface area contributed by atoms with Gasteiger partial charge in [0.15, 0.2) is 0 Å². The molecule has 0 unspecified atom stereocenters. The first-order valence-electron chi connectivity index (χ1n) is 9.73. The summed E-state index contributed by atoms with van der Waals surface area (Å²) in [5, 5.41) is 10.1. The van der Waals surface area contributed by atoms with Crippen molar-refractivity contribution < 1.29 is 4.79 Å². The molecule has 1 N–H and O–H groups in total. The van der Waals surface area contributed by atoms with Gasteiger partial charge < -0.3 is 0 Å². The van der Waals surface area contributed by atoms with Crippen LogP contribution in [0.3, 0.4) is 0 Å². The quantitative estimate of drug-likeness (QED) is 0.610. The maximum absolute atomic E-state index is 13.1. The highest BCUT2D eigenvalue weighted by atomic mass is 35.5. The minimum absolute atomic E-state index is 0.168. The van der Waals surface area contributed by atoms with Gasteiger partial charge in [0.25, 0.3) is 5.91 Å². The van der Waals surface area contributed by atoms with Crippen LogP contribution in [0.15, 0.2) is 59.7 Å². The van der Waals surface area contributed by atoms with E-state index < -0.39 is 0 Å². The lowest BCUT2D eigenvalue weighted by atomic mass is 9.91. The molecule has 30 heavy (non-hydrogen) atoms. The molecule has 8 heteroatoms. The summed E-state index contributed by atoms with van der Waals surface area (Å²) in [4.78, 5) is 13.1. The normalized spacial score (nSPS) is 21.6. The van der Waals surface area contributed by atoms with E-state index >= 15 is 0 Å². The molecule has 0 spiro atoms. The molecule has 5 nitrogen and oxygen atoms in total. The second kappa shape index (κ2) is 8.98. The van der Waals surface area contributed by atoms with Gasteiger partial charge in [-0.3, -0.25) is 15.2 Å². The molecule has 0 aliphatic carbocycles. The van der Waals surface area contributed by atoms with Gasteiger partial charge in [0.2, 0.25) is 0 Å². The van der Waals surface area contributed by atoms with Crippen molar-refractivity contribution in [3.63, 3.8) is 0 Å². The number of hydrazine groups is 1. The van der Waals surface area contributed by atoms with Gasteiger partial charge in [-0.25, -0.2) is 5.01 Å². The number of hydrazone groups is 1. The molecule has 2 aromatic carbocycles. The highest BCUT2D eigenvalue weighted by molar-refractivity contribution is 6.41. The van der Waals surface area contributed by atoms with Gasteiger partial charge in [-0.1, -0.05) is 66.0 Å². The average molecular weight is 464 g/mol. The number of halogens is 3. The summed E-state index contributed by atoms with van der Waals surface area (Å²) < 4.78 is 0. The number of anilines is 1. The molecular weight excluding hydrogens is 443 g/mol. The molecule has 2 aliphatic rings. The number of hydrogen-bond donors (Lipinski definition) is 1. The van der Waals surface area contributed by atoms with Crippen molar-refractivity contribution in [1.29, 1.82) is 0 Å². The van der Waals surface area contributed by atoms with Gasteiger partial charge in [-0.2, -0.15) is 5.10 Å². The van der Waals surface area contributed by atoms with E-state index in [-0.39, 0.29) is 17.9 Å². The first kappa shape index (κ1) is 21.2. The summed E-state index contributed by atoms with van der Waals surface area (Å²) in [6, 6.07) is 12.6. The van der Waals surface area contributed by atoms with Crippen molar-refractivity contribution in [1.82, 2.24) is 10.4 Å². The van der Waals surface area contributed by atoms with Crippen LogP contribution >= 0.6 is 34.8 Å². The zero-order valence-corrected chi connectivity index (χ0v) is 18.6. The summed E-state index contributed by atoms with van der Waals surface area (Å²) in [6.07, 6.45) is 5.06. The second-order valence-corrected chi connectivity index (χ2v) is 8.64. The molecule has 2 aliphatic heterocycles. The number of rotatable bonds is 4. The van der Waals surface area contributed by atoms with Gasteiger partial charge in [0, 0.05) is 29.1 Å². The maximum Gasteiger partial charge on any atom is 0.282 e. The monoisotopic (exact) mass is 462 g/mol. The summed E-state index contributed by atoms with van der Waals surface area (Å²) in [5.74, 6) is -0.373. The Morgan fingerprint density at radius 3 is 2.47 bits per heavy atom. The highest BCUT2D eigenvalue weighted by Crippen LogP contribution is 2.42. The zero-order chi connectivity index (χ0) is 21.3. The third-order valence-electron chi connectivity index (χ3n) is 5.30. The molecule has 0 fully saturated rings. The topological polar surface area (TPSA) is 47.9 Å². The molecule has 0 bridgehead atoms. The smallest absolute Gasteiger partial charge is 0.282 e. The van der Waals surface area contributed by atoms with Gasteiger partial charge in [-0.15, -0.1) is 0 Å². The van der Waals surface area contributed by atoms with Crippen molar-refractivity contribution in [3.05, 3.63) is 75.2 Å². The van der Waals surface area contributed by atoms with E-state index in [0.717, 1.165) is 18.5 Å². The molecule has 0 radical (unpaired) electrons. The van der Waals surface area contributed by atoms with Crippen LogP contribution in [0.25, 0.3) is 0 Å². The third-order valence-corrected chi connectivity index (χ3v) is 6.09. The minimum atomic E-state index is -0.206. The number of nitrogens with zero attached hydrogens (tertiary/aromatic N) is 3. The van der Waals surface area contributed by atoms with E-state index in [1.54, 1.807) is 17.1 Å². The lowest BCUT2D eigenvalue weighted by Crippen LogP contribution is -2.47. The number of amides is 1. The fraction of sp³-hybridized carbons (Fsp3) is 0.273.